The molecule has 1 nitrogen and oxygen atoms in total. The molecule has 0 saturated heterocycles. The van der Waals surface area contributed by atoms with E-state index in [9.17, 15) is 18.3 Å². The molecular weight excluding hydrogens is 261 g/mol. The van der Waals surface area contributed by atoms with Gasteiger partial charge in [-0.25, -0.2) is 0 Å². The van der Waals surface area contributed by atoms with Crippen molar-refractivity contribution < 1.29 is 18.3 Å². The van der Waals surface area contributed by atoms with Crippen LogP contribution in [0.25, 0.3) is 0 Å². The van der Waals surface area contributed by atoms with E-state index >= 15 is 0 Å². The van der Waals surface area contributed by atoms with Gasteiger partial charge in [0.05, 0.1) is 5.56 Å². The Morgan fingerprint density at radius 2 is 1.78 bits per heavy atom. The highest BCUT2D eigenvalue weighted by Gasteiger charge is 2.36. The monoisotopic (exact) mass is 272 g/mol. The number of rotatable bonds is 2. The van der Waals surface area contributed by atoms with Crippen molar-refractivity contribution in [2.75, 3.05) is 0 Å². The maximum Gasteiger partial charge on any atom is 0.417 e. The first-order valence-electron chi connectivity index (χ1n) is 5.28. The lowest BCUT2D eigenvalue weighted by Crippen LogP contribution is -2.11. The van der Waals surface area contributed by atoms with Crippen LogP contribution in [0.1, 0.15) is 28.4 Å². The summed E-state index contributed by atoms with van der Waals surface area (Å²) in [5, 5.41) is 12.5. The summed E-state index contributed by atoms with van der Waals surface area (Å²) < 4.78 is 38.3. The van der Waals surface area contributed by atoms with Crippen molar-refractivity contribution in [2.45, 2.75) is 19.2 Å². The number of halogens is 3. The zero-order valence-corrected chi connectivity index (χ0v) is 10.3. The Morgan fingerprint density at radius 3 is 2.39 bits per heavy atom. The van der Waals surface area contributed by atoms with E-state index in [1.807, 2.05) is 0 Å². The van der Waals surface area contributed by atoms with Crippen LogP contribution in [-0.2, 0) is 6.18 Å². The van der Waals surface area contributed by atoms with Gasteiger partial charge in [-0.05, 0) is 23.4 Å². The van der Waals surface area contributed by atoms with Crippen molar-refractivity contribution in [3.63, 3.8) is 0 Å². The first kappa shape index (κ1) is 13.1. The van der Waals surface area contributed by atoms with Crippen LogP contribution >= 0.6 is 11.3 Å². The quantitative estimate of drug-likeness (QED) is 0.870. The van der Waals surface area contributed by atoms with Gasteiger partial charge in [0, 0.05) is 10.9 Å². The summed E-state index contributed by atoms with van der Waals surface area (Å²) in [5.74, 6) is 0. The lowest BCUT2D eigenvalue weighted by atomic mass is 9.97. The van der Waals surface area contributed by atoms with Crippen molar-refractivity contribution in [3.05, 3.63) is 57.3 Å². The number of alkyl halides is 3. The molecule has 0 amide bonds. The number of hydrogen-bond acceptors (Lipinski definition) is 2. The van der Waals surface area contributed by atoms with Crippen LogP contribution in [0.5, 0.6) is 0 Å². The lowest BCUT2D eigenvalue weighted by Gasteiger charge is -2.16. The second kappa shape index (κ2) is 4.74. The summed E-state index contributed by atoms with van der Waals surface area (Å²) in [6.45, 7) is 1.76. The van der Waals surface area contributed by atoms with Gasteiger partial charge in [-0.2, -0.15) is 24.5 Å². The average Bonchev–Trinajstić information content (AvgIpc) is 2.77. The molecule has 0 fully saturated rings. The Balaban J connectivity index is 2.45. The van der Waals surface area contributed by atoms with E-state index in [1.54, 1.807) is 31.2 Å². The first-order chi connectivity index (χ1) is 8.41. The summed E-state index contributed by atoms with van der Waals surface area (Å²) in [5.41, 5.74) is 0.427. The van der Waals surface area contributed by atoms with Crippen LogP contribution in [0.2, 0.25) is 0 Å². The molecule has 18 heavy (non-hydrogen) atoms. The molecule has 1 unspecified atom stereocenters. The van der Waals surface area contributed by atoms with Gasteiger partial charge in [0.1, 0.15) is 6.10 Å². The largest absolute Gasteiger partial charge is 0.417 e. The molecule has 2 rings (SSSR count). The molecule has 1 aromatic carbocycles. The maximum absolute atomic E-state index is 12.8. The highest BCUT2D eigenvalue weighted by Crippen LogP contribution is 2.39. The number of aliphatic hydroxyl groups excluding tert-OH is 1. The molecule has 0 aliphatic carbocycles. The Morgan fingerprint density at radius 1 is 1.11 bits per heavy atom. The molecule has 96 valence electrons. The number of hydrogen-bond donors (Lipinski definition) is 1. The van der Waals surface area contributed by atoms with Gasteiger partial charge < -0.3 is 5.11 Å². The molecule has 1 atom stereocenters. The predicted molar refractivity (Wildman–Crippen MR) is 64.6 cm³/mol. The summed E-state index contributed by atoms with van der Waals surface area (Å²) in [7, 11) is 0. The Hall–Kier alpha value is -1.33. The van der Waals surface area contributed by atoms with E-state index < -0.39 is 17.8 Å². The predicted octanol–water partition coefficient (Wildman–Crippen LogP) is 4.16. The fraction of sp³-hybridized carbons (Fsp3) is 0.231. The van der Waals surface area contributed by atoms with E-state index in [-0.39, 0.29) is 5.56 Å². The van der Waals surface area contributed by atoms with Gasteiger partial charge in [0.25, 0.3) is 0 Å². The minimum atomic E-state index is -4.43. The van der Waals surface area contributed by atoms with Crippen molar-refractivity contribution in [1.82, 2.24) is 0 Å². The van der Waals surface area contributed by atoms with Crippen molar-refractivity contribution in [1.29, 1.82) is 0 Å². The molecule has 0 aliphatic heterocycles. The highest BCUT2D eigenvalue weighted by molar-refractivity contribution is 7.08. The molecule has 0 radical (unpaired) electrons. The lowest BCUT2D eigenvalue weighted by molar-refractivity contribution is -0.138. The van der Waals surface area contributed by atoms with Crippen LogP contribution in [0.15, 0.2) is 35.0 Å². The van der Waals surface area contributed by atoms with Crippen LogP contribution in [0.3, 0.4) is 0 Å². The molecule has 0 aliphatic rings. The topological polar surface area (TPSA) is 20.2 Å². The maximum atomic E-state index is 12.8. The van der Waals surface area contributed by atoms with Gasteiger partial charge in [-0.1, -0.05) is 24.3 Å². The van der Waals surface area contributed by atoms with E-state index in [4.69, 9.17) is 0 Å². The van der Waals surface area contributed by atoms with Gasteiger partial charge in [-0.15, -0.1) is 0 Å². The fourth-order valence-corrected chi connectivity index (χ4v) is 2.69. The minimum absolute atomic E-state index is 0.0817. The van der Waals surface area contributed by atoms with Gasteiger partial charge >= 0.3 is 6.18 Å². The molecule has 2 aromatic rings. The number of aliphatic hydroxyl groups is 1. The Kier molecular flexibility index (Phi) is 3.45. The second-order valence-electron chi connectivity index (χ2n) is 4.00. The molecule has 5 heteroatoms. The van der Waals surface area contributed by atoms with Crippen LogP contribution < -0.4 is 0 Å². The minimum Gasteiger partial charge on any atom is -0.384 e. The summed E-state index contributed by atoms with van der Waals surface area (Å²) in [6.07, 6.45) is -5.67. The highest BCUT2D eigenvalue weighted by atomic mass is 32.1. The molecule has 1 aromatic heterocycles. The number of benzene rings is 1. The van der Waals surface area contributed by atoms with E-state index in [2.05, 4.69) is 0 Å². The summed E-state index contributed by atoms with van der Waals surface area (Å²) >= 11 is 0.942. The second-order valence-corrected chi connectivity index (χ2v) is 4.74. The normalized spacial score (nSPS) is 13.6. The Bertz CT molecular complexity index is 545. The smallest absolute Gasteiger partial charge is 0.384 e. The van der Waals surface area contributed by atoms with Crippen LogP contribution in [0.4, 0.5) is 13.2 Å². The third-order valence-electron chi connectivity index (χ3n) is 2.77. The third kappa shape index (κ3) is 2.42. The number of aryl methyl sites for hydroxylation is 1. The SMILES string of the molecule is Cc1ccccc1C(O)c1cscc1C(F)(F)F. The molecule has 0 bridgehead atoms. The van der Waals surface area contributed by atoms with E-state index in [0.29, 0.717) is 5.56 Å². The van der Waals surface area contributed by atoms with E-state index in [0.717, 1.165) is 22.3 Å². The molecule has 0 spiro atoms. The summed E-state index contributed by atoms with van der Waals surface area (Å²) in [4.78, 5) is 0. The average molecular weight is 272 g/mol. The van der Waals surface area contributed by atoms with Crippen molar-refractivity contribution >= 4 is 11.3 Å². The standard InChI is InChI=1S/C13H11F3OS/c1-8-4-2-3-5-9(8)12(17)10-6-18-7-11(10)13(14,15)16/h2-7,12,17H,1H3. The van der Waals surface area contributed by atoms with Gasteiger partial charge in [-0.3, -0.25) is 0 Å². The molecule has 0 saturated carbocycles. The van der Waals surface area contributed by atoms with E-state index in [1.165, 1.54) is 5.38 Å². The van der Waals surface area contributed by atoms with Crippen LogP contribution in [-0.4, -0.2) is 5.11 Å². The Labute approximate surface area is 107 Å². The number of thiophene rings is 1. The third-order valence-corrected chi connectivity index (χ3v) is 3.54. The van der Waals surface area contributed by atoms with Gasteiger partial charge in [0.15, 0.2) is 0 Å². The molecule has 1 N–H and O–H groups in total. The molecular formula is C13H11F3OS. The summed E-state index contributed by atoms with van der Waals surface area (Å²) in [6, 6.07) is 6.88. The zero-order valence-electron chi connectivity index (χ0n) is 9.53. The van der Waals surface area contributed by atoms with Gasteiger partial charge in [0.2, 0.25) is 0 Å². The first-order valence-corrected chi connectivity index (χ1v) is 6.22. The van der Waals surface area contributed by atoms with Crippen LogP contribution in [0, 0.1) is 6.92 Å². The molecule has 1 heterocycles. The fourth-order valence-electron chi connectivity index (χ4n) is 1.81. The van der Waals surface area contributed by atoms with Crippen molar-refractivity contribution in [2.24, 2.45) is 0 Å². The van der Waals surface area contributed by atoms with Crippen molar-refractivity contribution in [3.8, 4) is 0 Å². The zero-order chi connectivity index (χ0) is 13.3.